The van der Waals surface area contributed by atoms with Gasteiger partial charge in [0.2, 0.25) is 0 Å². The number of H-pyrrole nitrogens is 1. The molecule has 1 amide bonds. The lowest BCUT2D eigenvalue weighted by atomic mass is 10.0. The van der Waals surface area contributed by atoms with Crippen LogP contribution in [0.4, 0.5) is 0 Å². The normalized spacial score (nSPS) is 11.8. The second kappa shape index (κ2) is 7.73. The van der Waals surface area contributed by atoms with Crippen molar-refractivity contribution in [2.24, 2.45) is 0 Å². The molecule has 26 heavy (non-hydrogen) atoms. The zero-order valence-electron chi connectivity index (χ0n) is 15.5. The van der Waals surface area contributed by atoms with E-state index in [4.69, 9.17) is 0 Å². The molecule has 2 rings (SSSR count). The van der Waals surface area contributed by atoms with E-state index < -0.39 is 10.0 Å². The standard InChI is InChI=1S/C17H23N3O4S2/c1-6-13-15(11(3)21)10(2)19-16(13)17(22)18-9-12-7-8-14(25-12)26(23,24)20(4)5/h7-8,19H,6,9H2,1-5H3,(H,18,22). The minimum atomic E-state index is -3.47. The summed E-state index contributed by atoms with van der Waals surface area (Å²) < 4.78 is 25.6. The van der Waals surface area contributed by atoms with Crippen molar-refractivity contribution < 1.29 is 18.0 Å². The summed E-state index contributed by atoms with van der Waals surface area (Å²) in [5, 5.41) is 2.78. The first kappa shape index (κ1) is 20.3. The van der Waals surface area contributed by atoms with Crippen molar-refractivity contribution in [2.75, 3.05) is 14.1 Å². The lowest BCUT2D eigenvalue weighted by molar-refractivity contribution is 0.0945. The highest BCUT2D eigenvalue weighted by Gasteiger charge is 2.22. The predicted octanol–water partition coefficient (Wildman–Crippen LogP) is 2.33. The van der Waals surface area contributed by atoms with Crippen molar-refractivity contribution >= 4 is 33.1 Å². The average Bonchev–Trinajstić information content (AvgIpc) is 3.16. The number of carbonyl (C=O) groups excluding carboxylic acids is 2. The number of aryl methyl sites for hydroxylation is 1. The van der Waals surface area contributed by atoms with Crippen LogP contribution < -0.4 is 5.32 Å². The zero-order chi connectivity index (χ0) is 19.6. The topological polar surface area (TPSA) is 99.3 Å². The van der Waals surface area contributed by atoms with E-state index in [9.17, 15) is 18.0 Å². The first-order valence-corrected chi connectivity index (χ1v) is 10.4. The van der Waals surface area contributed by atoms with Gasteiger partial charge in [-0.25, -0.2) is 12.7 Å². The molecular formula is C17H23N3O4S2. The molecule has 0 aliphatic carbocycles. The van der Waals surface area contributed by atoms with Gasteiger partial charge in [0.15, 0.2) is 5.78 Å². The van der Waals surface area contributed by atoms with Gasteiger partial charge >= 0.3 is 0 Å². The predicted molar refractivity (Wildman–Crippen MR) is 101 cm³/mol. The Morgan fingerprint density at radius 3 is 2.46 bits per heavy atom. The zero-order valence-corrected chi connectivity index (χ0v) is 17.1. The van der Waals surface area contributed by atoms with Gasteiger partial charge in [-0.3, -0.25) is 9.59 Å². The van der Waals surface area contributed by atoms with Gasteiger partial charge in [-0.1, -0.05) is 6.92 Å². The molecule has 142 valence electrons. The monoisotopic (exact) mass is 397 g/mol. The number of rotatable bonds is 7. The highest BCUT2D eigenvalue weighted by Crippen LogP contribution is 2.24. The number of hydrogen-bond acceptors (Lipinski definition) is 5. The number of aromatic nitrogens is 1. The second-order valence-electron chi connectivity index (χ2n) is 6.08. The van der Waals surface area contributed by atoms with Crippen molar-refractivity contribution in [3.05, 3.63) is 39.5 Å². The Labute approximate surface area is 157 Å². The van der Waals surface area contributed by atoms with Crippen LogP contribution in [0.5, 0.6) is 0 Å². The van der Waals surface area contributed by atoms with Crippen LogP contribution in [0.25, 0.3) is 0 Å². The molecule has 2 aromatic heterocycles. The average molecular weight is 398 g/mol. The summed E-state index contributed by atoms with van der Waals surface area (Å²) in [6.45, 7) is 5.35. The molecule has 0 spiro atoms. The molecular weight excluding hydrogens is 374 g/mol. The van der Waals surface area contributed by atoms with Gasteiger partial charge < -0.3 is 10.3 Å². The van der Waals surface area contributed by atoms with Crippen LogP contribution in [-0.2, 0) is 23.0 Å². The summed E-state index contributed by atoms with van der Waals surface area (Å²) in [4.78, 5) is 28.0. The molecule has 0 bridgehead atoms. The molecule has 0 saturated heterocycles. The molecule has 0 saturated carbocycles. The number of nitrogens with one attached hydrogen (secondary N) is 2. The molecule has 0 unspecified atom stereocenters. The van der Waals surface area contributed by atoms with Crippen LogP contribution in [0.1, 0.15) is 50.8 Å². The van der Waals surface area contributed by atoms with E-state index in [-0.39, 0.29) is 22.4 Å². The Kier molecular flexibility index (Phi) is 6.05. The fourth-order valence-electron chi connectivity index (χ4n) is 2.73. The third kappa shape index (κ3) is 3.89. The van der Waals surface area contributed by atoms with Crippen LogP contribution in [0.2, 0.25) is 0 Å². The second-order valence-corrected chi connectivity index (χ2v) is 9.63. The highest BCUT2D eigenvalue weighted by molar-refractivity contribution is 7.91. The van der Waals surface area contributed by atoms with Gasteiger partial charge in [0.05, 0.1) is 6.54 Å². The summed E-state index contributed by atoms with van der Waals surface area (Å²) in [5.74, 6) is -0.394. The minimum Gasteiger partial charge on any atom is -0.354 e. The summed E-state index contributed by atoms with van der Waals surface area (Å²) in [6.07, 6.45) is 0.562. The Morgan fingerprint density at radius 2 is 1.92 bits per heavy atom. The fraction of sp³-hybridized carbons (Fsp3) is 0.412. The van der Waals surface area contributed by atoms with Crippen LogP contribution >= 0.6 is 11.3 Å². The van der Waals surface area contributed by atoms with Crippen molar-refractivity contribution in [2.45, 2.75) is 37.9 Å². The van der Waals surface area contributed by atoms with Crippen LogP contribution in [0.15, 0.2) is 16.3 Å². The van der Waals surface area contributed by atoms with Crippen molar-refractivity contribution in [3.63, 3.8) is 0 Å². The van der Waals surface area contributed by atoms with E-state index in [1.165, 1.54) is 27.1 Å². The fourth-order valence-corrected chi connectivity index (χ4v) is 5.19. The smallest absolute Gasteiger partial charge is 0.268 e. The molecule has 0 radical (unpaired) electrons. The molecule has 0 aliphatic rings. The van der Waals surface area contributed by atoms with E-state index in [1.807, 2.05) is 6.92 Å². The number of hydrogen-bond donors (Lipinski definition) is 2. The summed E-state index contributed by atoms with van der Waals surface area (Å²) in [7, 11) is -0.523. The van der Waals surface area contributed by atoms with E-state index in [2.05, 4.69) is 10.3 Å². The number of aromatic amines is 1. The molecule has 7 nitrogen and oxygen atoms in total. The van der Waals surface area contributed by atoms with Crippen molar-refractivity contribution in [3.8, 4) is 0 Å². The SMILES string of the molecule is CCc1c(C(=O)NCc2ccc(S(=O)(=O)N(C)C)s2)[nH]c(C)c1C(C)=O. The Bertz CT molecular complexity index is 939. The molecule has 9 heteroatoms. The van der Waals surface area contributed by atoms with Gasteiger partial charge in [-0.2, -0.15) is 0 Å². The maximum atomic E-state index is 12.5. The molecule has 0 atom stereocenters. The van der Waals surface area contributed by atoms with Crippen molar-refractivity contribution in [1.29, 1.82) is 0 Å². The molecule has 0 aromatic carbocycles. The number of nitrogens with zero attached hydrogens (tertiary/aromatic N) is 1. The maximum Gasteiger partial charge on any atom is 0.268 e. The van der Waals surface area contributed by atoms with E-state index in [0.717, 1.165) is 20.5 Å². The number of Topliss-reactive ketones (excluding diaryl/α,β-unsaturated/α-hetero) is 1. The molecule has 2 heterocycles. The van der Waals surface area contributed by atoms with Gasteiger partial charge in [0.25, 0.3) is 15.9 Å². The molecule has 2 aromatic rings. The van der Waals surface area contributed by atoms with Crippen LogP contribution in [-0.4, -0.2) is 43.5 Å². The van der Waals surface area contributed by atoms with Crippen LogP contribution in [0, 0.1) is 6.92 Å². The molecule has 2 N–H and O–H groups in total. The largest absolute Gasteiger partial charge is 0.354 e. The first-order valence-electron chi connectivity index (χ1n) is 8.11. The molecule has 0 fully saturated rings. The number of ketones is 1. The lowest BCUT2D eigenvalue weighted by Crippen LogP contribution is -2.24. The van der Waals surface area contributed by atoms with E-state index in [1.54, 1.807) is 13.0 Å². The van der Waals surface area contributed by atoms with E-state index >= 15 is 0 Å². The number of sulfonamides is 1. The Hall–Kier alpha value is -1.97. The maximum absolute atomic E-state index is 12.5. The minimum absolute atomic E-state index is 0.0774. The first-order chi connectivity index (χ1) is 12.1. The third-order valence-electron chi connectivity index (χ3n) is 4.02. The Balaban J connectivity index is 2.17. The van der Waals surface area contributed by atoms with Gasteiger partial charge in [0.1, 0.15) is 9.90 Å². The van der Waals surface area contributed by atoms with Gasteiger partial charge in [-0.05, 0) is 38.0 Å². The number of carbonyl (C=O) groups is 2. The third-order valence-corrected chi connectivity index (χ3v) is 7.39. The van der Waals surface area contributed by atoms with Gasteiger partial charge in [0, 0.05) is 30.2 Å². The highest BCUT2D eigenvalue weighted by atomic mass is 32.2. The van der Waals surface area contributed by atoms with Gasteiger partial charge in [-0.15, -0.1) is 11.3 Å². The summed E-state index contributed by atoms with van der Waals surface area (Å²) >= 11 is 1.12. The number of thiophene rings is 1. The van der Waals surface area contributed by atoms with Crippen molar-refractivity contribution in [1.82, 2.24) is 14.6 Å². The van der Waals surface area contributed by atoms with E-state index in [0.29, 0.717) is 28.9 Å². The lowest BCUT2D eigenvalue weighted by Gasteiger charge is -2.08. The van der Waals surface area contributed by atoms with Crippen LogP contribution in [0.3, 0.4) is 0 Å². The quantitative estimate of drug-likeness (QED) is 0.701. The summed E-state index contributed by atoms with van der Waals surface area (Å²) in [6, 6.07) is 3.22. The molecule has 0 aliphatic heterocycles. The Morgan fingerprint density at radius 1 is 1.27 bits per heavy atom. The summed E-state index contributed by atoms with van der Waals surface area (Å²) in [5.41, 5.74) is 2.32. The number of amides is 1.